The molecule has 0 rings (SSSR count). The molecule has 0 unspecified atom stereocenters. The summed E-state index contributed by atoms with van der Waals surface area (Å²) in [7, 11) is 0. The van der Waals surface area contributed by atoms with Gasteiger partial charge in [-0.1, -0.05) is 193 Å². The Kier molecular flexibility index (Phi) is 32.4. The maximum Gasteiger partial charge on any atom is 0.303 e. The molecular formula is C35H70Cl2O2Si. The first kappa shape index (κ1) is 40.3. The fourth-order valence-corrected chi connectivity index (χ4v) is 7.51. The summed E-state index contributed by atoms with van der Waals surface area (Å²) in [4.78, 5) is 10.5. The van der Waals surface area contributed by atoms with E-state index in [4.69, 9.17) is 27.3 Å². The van der Waals surface area contributed by atoms with E-state index >= 15 is 0 Å². The summed E-state index contributed by atoms with van der Waals surface area (Å²) in [6.45, 7) is 0.188. The van der Waals surface area contributed by atoms with Gasteiger partial charge < -0.3 is 5.11 Å². The second-order valence-electron chi connectivity index (χ2n) is 12.9. The maximum atomic E-state index is 10.5. The van der Waals surface area contributed by atoms with Crippen LogP contribution in [0.1, 0.15) is 205 Å². The quantitative estimate of drug-likeness (QED) is 0.0441. The van der Waals surface area contributed by atoms with Gasteiger partial charge in [-0.25, -0.2) is 0 Å². The lowest BCUT2D eigenvalue weighted by Crippen LogP contribution is -2.11. The molecule has 240 valence electrons. The highest BCUT2D eigenvalue weighted by atomic mass is 35.7. The third-order valence-corrected chi connectivity index (χ3v) is 10.9. The van der Waals surface area contributed by atoms with Gasteiger partial charge in [-0.05, 0) is 19.0 Å². The van der Waals surface area contributed by atoms with Gasteiger partial charge in [-0.3, -0.25) is 4.79 Å². The molecule has 0 heterocycles. The van der Waals surface area contributed by atoms with Crippen LogP contribution in [-0.2, 0) is 4.79 Å². The van der Waals surface area contributed by atoms with Crippen LogP contribution in [-0.4, -0.2) is 17.8 Å². The first-order chi connectivity index (χ1) is 19.4. The normalized spacial score (nSPS) is 11.9. The molecule has 0 aromatic heterocycles. The molecule has 0 aliphatic carbocycles. The maximum absolute atomic E-state index is 10.5. The Morgan fingerprint density at radius 3 is 0.750 bits per heavy atom. The van der Waals surface area contributed by atoms with E-state index in [2.05, 4.69) is 0 Å². The van der Waals surface area contributed by atoms with Crippen molar-refractivity contribution < 1.29 is 9.90 Å². The van der Waals surface area contributed by atoms with Crippen LogP contribution in [0, 0.1) is 0 Å². The summed E-state index contributed by atoms with van der Waals surface area (Å²) in [6.07, 6.45) is 43.1. The summed E-state index contributed by atoms with van der Waals surface area (Å²) in [6, 6.07) is 1.06. The molecule has 0 spiro atoms. The van der Waals surface area contributed by atoms with Crippen molar-refractivity contribution in [2.75, 3.05) is 0 Å². The summed E-state index contributed by atoms with van der Waals surface area (Å²) >= 11 is 12.3. The number of carbonyl (C=O) groups is 1. The van der Waals surface area contributed by atoms with Crippen LogP contribution in [0.5, 0.6) is 0 Å². The Balaban J connectivity index is 3.05. The van der Waals surface area contributed by atoms with Crippen molar-refractivity contribution in [3.63, 3.8) is 0 Å². The monoisotopic (exact) mass is 620 g/mol. The largest absolute Gasteiger partial charge is 0.481 e. The van der Waals surface area contributed by atoms with Crippen LogP contribution in [0.2, 0.25) is 12.6 Å². The van der Waals surface area contributed by atoms with E-state index in [0.29, 0.717) is 6.42 Å². The first-order valence-corrected chi connectivity index (χ1v) is 22.7. The predicted molar refractivity (Wildman–Crippen MR) is 184 cm³/mol. The molecule has 0 saturated carbocycles. The van der Waals surface area contributed by atoms with E-state index in [1.54, 1.807) is 0 Å². The Labute approximate surface area is 262 Å². The van der Waals surface area contributed by atoms with Crippen LogP contribution in [0.3, 0.4) is 0 Å². The number of unbranched alkanes of at least 4 members (excludes halogenated alkanes) is 30. The highest BCUT2D eigenvalue weighted by Gasteiger charge is 2.19. The van der Waals surface area contributed by atoms with Gasteiger partial charge in [0.15, 0.2) is 0 Å². The molecule has 1 N–H and O–H groups in total. The third-order valence-electron chi connectivity index (χ3n) is 8.51. The van der Waals surface area contributed by atoms with Crippen molar-refractivity contribution in [3.05, 3.63) is 0 Å². The molecule has 0 radical (unpaired) electrons. The summed E-state index contributed by atoms with van der Waals surface area (Å²) in [5, 5.41) is 8.63. The van der Waals surface area contributed by atoms with Crippen molar-refractivity contribution in [3.8, 4) is 0 Å². The molecule has 40 heavy (non-hydrogen) atoms. The Hall–Kier alpha value is 0.267. The number of hydrogen-bond donors (Lipinski definition) is 1. The summed E-state index contributed by atoms with van der Waals surface area (Å²) in [5.74, 6) is -0.651. The smallest absolute Gasteiger partial charge is 0.303 e. The van der Waals surface area contributed by atoms with Gasteiger partial charge in [0.2, 0.25) is 6.69 Å². The lowest BCUT2D eigenvalue weighted by atomic mass is 10.0. The fraction of sp³-hybridized carbons (Fsp3) is 0.971. The number of rotatable bonds is 34. The first-order valence-electron chi connectivity index (χ1n) is 18.0. The van der Waals surface area contributed by atoms with E-state index in [9.17, 15) is 4.79 Å². The number of hydrogen-bond acceptors (Lipinski definition) is 1. The van der Waals surface area contributed by atoms with E-state index in [-0.39, 0.29) is 0 Å². The van der Waals surface area contributed by atoms with E-state index < -0.39 is 12.7 Å². The van der Waals surface area contributed by atoms with Crippen LogP contribution >= 0.6 is 22.2 Å². The van der Waals surface area contributed by atoms with Crippen molar-refractivity contribution >= 4 is 34.8 Å². The van der Waals surface area contributed by atoms with Gasteiger partial charge in [0.05, 0.1) is 0 Å². The standard InChI is InChI=1S/C35H70Cl2O2Si/c1-40(36,37)34-32-30-28-26-24-22-20-18-16-14-12-10-8-6-4-2-3-5-7-9-11-13-15-17-19-21-23-25-27-29-31-33-35(38)39/h2-34H2,1H3,(H,38,39). The highest BCUT2D eigenvalue weighted by molar-refractivity contribution is 7.44. The van der Waals surface area contributed by atoms with Gasteiger partial charge in [0, 0.05) is 6.42 Å². The summed E-state index contributed by atoms with van der Waals surface area (Å²) < 4.78 is 0. The Morgan fingerprint density at radius 2 is 0.575 bits per heavy atom. The zero-order valence-electron chi connectivity index (χ0n) is 26.9. The number of carboxylic acid groups (broad SMARTS) is 1. The molecule has 0 atom stereocenters. The van der Waals surface area contributed by atoms with Gasteiger partial charge >= 0.3 is 5.97 Å². The molecule has 0 amide bonds. The second-order valence-corrected chi connectivity index (χ2v) is 21.2. The van der Waals surface area contributed by atoms with E-state index in [1.165, 1.54) is 186 Å². The predicted octanol–water partition coefficient (Wildman–Crippen LogP) is 14.1. The highest BCUT2D eigenvalue weighted by Crippen LogP contribution is 2.23. The minimum Gasteiger partial charge on any atom is -0.481 e. The minimum atomic E-state index is -1.85. The molecule has 0 aliphatic rings. The van der Waals surface area contributed by atoms with E-state index in [1.807, 2.05) is 6.55 Å². The number of halogens is 2. The van der Waals surface area contributed by atoms with Gasteiger partial charge in [0.25, 0.3) is 0 Å². The molecule has 0 aromatic carbocycles. The average molecular weight is 622 g/mol. The van der Waals surface area contributed by atoms with E-state index in [0.717, 1.165) is 18.9 Å². The zero-order valence-corrected chi connectivity index (χ0v) is 29.5. The molecular weight excluding hydrogens is 551 g/mol. The van der Waals surface area contributed by atoms with Crippen LogP contribution in [0.15, 0.2) is 0 Å². The lowest BCUT2D eigenvalue weighted by Gasteiger charge is -2.09. The lowest BCUT2D eigenvalue weighted by molar-refractivity contribution is -0.137. The van der Waals surface area contributed by atoms with Crippen LogP contribution < -0.4 is 0 Å². The molecule has 5 heteroatoms. The molecule has 0 fully saturated rings. The van der Waals surface area contributed by atoms with Gasteiger partial charge in [-0.15, -0.1) is 22.2 Å². The van der Waals surface area contributed by atoms with Gasteiger partial charge in [-0.2, -0.15) is 0 Å². The number of carboxylic acids is 1. The Morgan fingerprint density at radius 1 is 0.400 bits per heavy atom. The second kappa shape index (κ2) is 32.2. The van der Waals surface area contributed by atoms with Crippen molar-refractivity contribution in [1.29, 1.82) is 0 Å². The van der Waals surface area contributed by atoms with Crippen molar-refractivity contribution in [1.82, 2.24) is 0 Å². The summed E-state index contributed by atoms with van der Waals surface area (Å²) in [5.41, 5.74) is 0. The minimum absolute atomic E-state index is 0.343. The topological polar surface area (TPSA) is 37.3 Å². The molecule has 0 aromatic rings. The van der Waals surface area contributed by atoms with Gasteiger partial charge in [0.1, 0.15) is 0 Å². The average Bonchev–Trinajstić information content (AvgIpc) is 2.90. The molecule has 0 aliphatic heterocycles. The van der Waals surface area contributed by atoms with Crippen LogP contribution in [0.4, 0.5) is 0 Å². The zero-order chi connectivity index (χ0) is 29.4. The van der Waals surface area contributed by atoms with Crippen LogP contribution in [0.25, 0.3) is 0 Å². The number of aliphatic carboxylic acids is 1. The SMILES string of the molecule is C[Si](Cl)(Cl)CCCCCCCCCCCCCCCCCCCCCCCCCCCCCCCCCC(=O)O. The third kappa shape index (κ3) is 38.3. The van der Waals surface area contributed by atoms with Crippen molar-refractivity contribution in [2.45, 2.75) is 218 Å². The fourth-order valence-electron chi connectivity index (χ4n) is 5.84. The molecule has 0 bridgehead atoms. The van der Waals surface area contributed by atoms with Crippen molar-refractivity contribution in [2.24, 2.45) is 0 Å². The molecule has 0 saturated heterocycles. The Bertz CT molecular complexity index is 510. The molecule has 2 nitrogen and oxygen atoms in total.